The predicted molar refractivity (Wildman–Crippen MR) is 171 cm³/mol. The van der Waals surface area contributed by atoms with Crippen LogP contribution in [-0.4, -0.2) is 94.3 Å². The number of fused-ring (bicyclic) bond motifs is 3. The normalized spacial score (nSPS) is 30.8. The van der Waals surface area contributed by atoms with E-state index in [0.29, 0.717) is 5.56 Å². The van der Waals surface area contributed by atoms with Crippen LogP contribution in [0.3, 0.4) is 0 Å². The van der Waals surface area contributed by atoms with Crippen molar-refractivity contribution in [2.45, 2.75) is 50.2 Å². The molecule has 258 valence electrons. The van der Waals surface area contributed by atoms with E-state index in [4.69, 9.17) is 14.8 Å². The number of aliphatic hydroxyl groups is 2. The number of anilines is 1. The summed E-state index contributed by atoms with van der Waals surface area (Å²) >= 11 is 0. The monoisotopic (exact) mass is 685 g/mol. The number of hydrogen-bond donors (Lipinski definition) is 5. The van der Waals surface area contributed by atoms with E-state index in [1.54, 1.807) is 51.1 Å². The number of rotatable bonds is 10. The predicted octanol–water partition coefficient (Wildman–Crippen LogP) is 1.78. The van der Waals surface area contributed by atoms with Crippen LogP contribution in [0, 0.1) is 23.7 Å². The molecule has 2 aromatic carbocycles. The van der Waals surface area contributed by atoms with Gasteiger partial charge in [-0.05, 0) is 51.1 Å². The minimum Gasteiger partial charge on any atom is -0.505 e. The first-order chi connectivity index (χ1) is 22.6. The second-order valence-corrected chi connectivity index (χ2v) is 14.7. The molecule has 2 saturated carbocycles. The molecule has 0 aliphatic heterocycles. The molecule has 5 rings (SSSR count). The third kappa shape index (κ3) is 5.22. The number of likely N-dealkylation sites (N-methyl/N-ethyl adjacent to an activating group) is 1. The SMILES string of the molecule is CCOP(=O)(OCC)C(Nc1ccc2c(c1O)C(=O)C1C(=O)[C@]3(O)C(=O)C(C(N)=O)C(=O)[C@@H](N(C)C)[C@@H]3[C@@H](O)[C@@H]1[C@H]2C)c1ccccc1. The molecule has 3 unspecified atom stereocenters. The summed E-state index contributed by atoms with van der Waals surface area (Å²) in [6, 6.07) is 10.1. The van der Waals surface area contributed by atoms with Gasteiger partial charge in [0.05, 0.1) is 48.4 Å². The van der Waals surface area contributed by atoms with E-state index in [1.807, 2.05) is 0 Å². The number of aromatic hydroxyl groups is 1. The number of Topliss-reactive ketones (excluding diaryl/α,β-unsaturated/α-hetero) is 4. The molecule has 2 aromatic rings. The number of carbonyl (C=O) groups excluding carboxylic acids is 5. The maximum Gasteiger partial charge on any atom is 0.357 e. The van der Waals surface area contributed by atoms with E-state index >= 15 is 0 Å². The fraction of sp³-hybridized carbons (Fsp3) is 0.485. The summed E-state index contributed by atoms with van der Waals surface area (Å²) in [7, 11) is -1.08. The molecule has 0 bridgehead atoms. The van der Waals surface area contributed by atoms with Crippen LogP contribution in [0.15, 0.2) is 42.5 Å². The topological polar surface area (TPSA) is 223 Å². The average Bonchev–Trinajstić information content (AvgIpc) is 3.02. The molecule has 48 heavy (non-hydrogen) atoms. The van der Waals surface area contributed by atoms with Gasteiger partial charge < -0.3 is 35.4 Å². The van der Waals surface area contributed by atoms with Gasteiger partial charge in [0.25, 0.3) is 0 Å². The Labute approximate surface area is 277 Å². The van der Waals surface area contributed by atoms with Gasteiger partial charge in [-0.3, -0.25) is 33.4 Å². The Balaban J connectivity index is 1.63. The Morgan fingerprint density at radius 1 is 1.04 bits per heavy atom. The molecule has 0 saturated heterocycles. The maximum absolute atomic E-state index is 14.3. The molecule has 0 aromatic heterocycles. The minimum atomic E-state index is -3.93. The molecule has 0 heterocycles. The van der Waals surface area contributed by atoms with Crippen molar-refractivity contribution in [2.24, 2.45) is 29.4 Å². The van der Waals surface area contributed by atoms with Gasteiger partial charge in [-0.2, -0.15) is 0 Å². The number of carbonyl (C=O) groups is 5. The summed E-state index contributed by atoms with van der Waals surface area (Å²) in [5, 5.41) is 38.3. The second-order valence-electron chi connectivity index (χ2n) is 12.6. The van der Waals surface area contributed by atoms with E-state index in [-0.39, 0.29) is 30.0 Å². The van der Waals surface area contributed by atoms with E-state index in [2.05, 4.69) is 5.32 Å². The van der Waals surface area contributed by atoms with Gasteiger partial charge in [-0.1, -0.05) is 43.3 Å². The van der Waals surface area contributed by atoms with Crippen LogP contribution in [0.1, 0.15) is 54.0 Å². The van der Waals surface area contributed by atoms with Crippen molar-refractivity contribution in [2.75, 3.05) is 32.6 Å². The first-order valence-corrected chi connectivity index (χ1v) is 17.3. The highest BCUT2D eigenvalue weighted by atomic mass is 31.2. The quantitative estimate of drug-likeness (QED) is 0.137. The van der Waals surface area contributed by atoms with Crippen molar-refractivity contribution in [3.63, 3.8) is 0 Å². The Morgan fingerprint density at radius 3 is 2.19 bits per heavy atom. The van der Waals surface area contributed by atoms with Gasteiger partial charge in [0.15, 0.2) is 40.4 Å². The first kappa shape index (κ1) is 35.5. The average molecular weight is 686 g/mol. The highest BCUT2D eigenvalue weighted by molar-refractivity contribution is 7.54. The molecule has 0 spiro atoms. The largest absolute Gasteiger partial charge is 0.505 e. The van der Waals surface area contributed by atoms with Crippen LogP contribution in [0.25, 0.3) is 0 Å². The van der Waals surface area contributed by atoms with Crippen molar-refractivity contribution >= 4 is 42.3 Å². The van der Waals surface area contributed by atoms with E-state index < -0.39 is 95.5 Å². The highest BCUT2D eigenvalue weighted by Crippen LogP contribution is 2.62. The van der Waals surface area contributed by atoms with Crippen LogP contribution in [0.4, 0.5) is 5.69 Å². The van der Waals surface area contributed by atoms with Crippen molar-refractivity contribution in [3.05, 3.63) is 59.2 Å². The molecule has 14 nitrogen and oxygen atoms in total. The van der Waals surface area contributed by atoms with Gasteiger partial charge in [-0.25, -0.2) is 0 Å². The van der Waals surface area contributed by atoms with Crippen LogP contribution in [0.5, 0.6) is 5.75 Å². The number of hydrogen-bond acceptors (Lipinski definition) is 13. The van der Waals surface area contributed by atoms with Crippen molar-refractivity contribution < 1.29 is 52.9 Å². The Morgan fingerprint density at radius 2 is 1.65 bits per heavy atom. The number of benzene rings is 2. The zero-order valence-electron chi connectivity index (χ0n) is 27.2. The lowest BCUT2D eigenvalue weighted by molar-refractivity contribution is -0.196. The highest BCUT2D eigenvalue weighted by Gasteiger charge is 2.73. The Hall–Kier alpha value is -3.78. The second kappa shape index (κ2) is 12.9. The van der Waals surface area contributed by atoms with Gasteiger partial charge in [0.1, 0.15) is 5.75 Å². The third-order valence-corrected chi connectivity index (χ3v) is 12.1. The van der Waals surface area contributed by atoms with Crippen LogP contribution in [0.2, 0.25) is 0 Å². The van der Waals surface area contributed by atoms with Crippen LogP contribution >= 0.6 is 7.60 Å². The van der Waals surface area contributed by atoms with Gasteiger partial charge >= 0.3 is 7.60 Å². The molecule has 3 aliphatic rings. The molecule has 15 heteroatoms. The number of ketones is 4. The van der Waals surface area contributed by atoms with Gasteiger partial charge in [0, 0.05) is 5.92 Å². The molecule has 1 amide bonds. The van der Waals surface area contributed by atoms with Crippen LogP contribution < -0.4 is 11.1 Å². The minimum absolute atomic E-state index is 0.0431. The molecule has 3 aliphatic carbocycles. The lowest BCUT2D eigenvalue weighted by atomic mass is 9.49. The van der Waals surface area contributed by atoms with Crippen molar-refractivity contribution in [3.8, 4) is 5.75 Å². The number of nitrogens with zero attached hydrogens (tertiary/aromatic N) is 1. The number of phenols is 1. The number of nitrogens with one attached hydrogen (secondary N) is 1. The summed E-state index contributed by atoms with van der Waals surface area (Å²) in [5.74, 6) is -15.6. The van der Waals surface area contributed by atoms with Crippen molar-refractivity contribution in [1.29, 1.82) is 0 Å². The smallest absolute Gasteiger partial charge is 0.357 e. The van der Waals surface area contributed by atoms with E-state index in [9.17, 15) is 43.9 Å². The molecular weight excluding hydrogens is 645 g/mol. The molecule has 9 atom stereocenters. The zero-order valence-corrected chi connectivity index (χ0v) is 28.0. The van der Waals surface area contributed by atoms with E-state index in [1.165, 1.54) is 31.1 Å². The third-order valence-electron chi connectivity index (χ3n) is 9.83. The Bertz CT molecular complexity index is 1710. The number of primary amides is 1. The van der Waals surface area contributed by atoms with Crippen LogP contribution in [-0.2, 0) is 32.8 Å². The summed E-state index contributed by atoms with van der Waals surface area (Å²) < 4.78 is 25.2. The fourth-order valence-corrected chi connectivity index (χ4v) is 9.71. The number of phenolic OH excluding ortho intramolecular Hbond substituents is 1. The van der Waals surface area contributed by atoms with Crippen molar-refractivity contribution in [1.82, 2.24) is 4.90 Å². The molecule has 0 radical (unpaired) electrons. The number of aliphatic hydroxyl groups excluding tert-OH is 1. The summed E-state index contributed by atoms with van der Waals surface area (Å²) in [4.78, 5) is 69.1. The molecular formula is C33H40N3O11P. The fourth-order valence-electron chi connectivity index (χ4n) is 7.78. The van der Waals surface area contributed by atoms with Gasteiger partial charge in [-0.15, -0.1) is 0 Å². The number of nitrogens with two attached hydrogens (primary N) is 1. The van der Waals surface area contributed by atoms with Gasteiger partial charge in [0.2, 0.25) is 5.91 Å². The lowest BCUT2D eigenvalue weighted by Gasteiger charge is -2.56. The standard InChI is InChI=1S/C33H40N3O11P/c1-6-46-48(45,47-7-2)32(16-11-9-8-10-12-16)35-18-14-13-17-15(3)19-21(26(38)20(17)25(18)37)29(41)33(44)23(27(19)39)24(36(4)5)28(40)22(30(33)42)31(34)43/h8-15,19,21-24,27,32,35,37,39,44H,6-7H2,1-5H3,(H2,34,43)/t15-,19+,21?,22?,23+,24-,27-,32?,33-/m0/s1. The van der Waals surface area contributed by atoms with E-state index in [0.717, 1.165) is 0 Å². The molecule has 2 fully saturated rings. The number of amides is 1. The first-order valence-electron chi connectivity index (χ1n) is 15.7. The maximum atomic E-state index is 14.3. The zero-order chi connectivity index (χ0) is 35.5. The lowest BCUT2D eigenvalue weighted by Crippen LogP contribution is -2.77. The molecule has 6 N–H and O–H groups in total. The summed E-state index contributed by atoms with van der Waals surface area (Å²) in [6.07, 6.45) is -1.75. The summed E-state index contributed by atoms with van der Waals surface area (Å²) in [6.45, 7) is 5.00. The summed E-state index contributed by atoms with van der Waals surface area (Å²) in [5.41, 5.74) is 2.66. The Kier molecular flexibility index (Phi) is 9.56.